The number of nitrogens with two attached hydrogens (primary N) is 1. The Morgan fingerprint density at radius 2 is 2.06 bits per heavy atom. The third kappa shape index (κ3) is 4.72. The fourth-order valence-corrected chi connectivity index (χ4v) is 3.63. The Hall–Kier alpha value is 0.130. The van der Waals surface area contributed by atoms with Crippen LogP contribution in [-0.2, 0) is 4.79 Å². The first-order valence-corrected chi connectivity index (χ1v) is 8.83. The van der Waals surface area contributed by atoms with Gasteiger partial charge < -0.3 is 11.1 Å². The van der Waals surface area contributed by atoms with E-state index in [0.717, 1.165) is 18.7 Å². The van der Waals surface area contributed by atoms with Crippen molar-refractivity contribution in [3.63, 3.8) is 0 Å². The molecule has 0 radical (unpaired) electrons. The van der Waals surface area contributed by atoms with Gasteiger partial charge in [0.1, 0.15) is 0 Å². The number of nitrogens with one attached hydrogen (secondary N) is 1. The highest BCUT2D eigenvalue weighted by atomic mass is 32.2. The summed E-state index contributed by atoms with van der Waals surface area (Å²) in [6, 6.07) is -0.345. The second-order valence-electron chi connectivity index (χ2n) is 4.70. The summed E-state index contributed by atoms with van der Waals surface area (Å²) in [7, 11) is 0. The third-order valence-corrected chi connectivity index (χ3v) is 5.56. The lowest BCUT2D eigenvalue weighted by Crippen LogP contribution is -2.46. The minimum Gasteiger partial charge on any atom is -0.353 e. The van der Waals surface area contributed by atoms with Crippen molar-refractivity contribution < 1.29 is 4.79 Å². The quantitative estimate of drug-likeness (QED) is 0.745. The number of rotatable bonds is 7. The van der Waals surface area contributed by atoms with Crippen molar-refractivity contribution in [3.8, 4) is 0 Å². The van der Waals surface area contributed by atoms with Crippen LogP contribution < -0.4 is 11.1 Å². The maximum Gasteiger partial charge on any atom is 0.236 e. The van der Waals surface area contributed by atoms with E-state index in [2.05, 4.69) is 11.6 Å². The first kappa shape index (κ1) is 15.2. The van der Waals surface area contributed by atoms with Gasteiger partial charge >= 0.3 is 0 Å². The number of hydrogen-bond acceptors (Lipinski definition) is 4. The zero-order valence-electron chi connectivity index (χ0n) is 10.8. The summed E-state index contributed by atoms with van der Waals surface area (Å²) >= 11 is 3.62. The molecule has 0 unspecified atom stereocenters. The lowest BCUT2D eigenvalue weighted by Gasteiger charge is -2.27. The van der Waals surface area contributed by atoms with E-state index in [0.29, 0.717) is 0 Å². The molecule has 100 valence electrons. The van der Waals surface area contributed by atoms with Gasteiger partial charge in [0.25, 0.3) is 0 Å². The maximum absolute atomic E-state index is 11.8. The Labute approximate surface area is 113 Å². The van der Waals surface area contributed by atoms with Gasteiger partial charge in [0.05, 0.1) is 6.04 Å². The van der Waals surface area contributed by atoms with Crippen molar-refractivity contribution in [2.45, 2.75) is 42.9 Å². The van der Waals surface area contributed by atoms with Gasteiger partial charge in [-0.1, -0.05) is 12.8 Å². The van der Waals surface area contributed by atoms with Crippen molar-refractivity contribution >= 4 is 29.4 Å². The molecule has 0 aromatic rings. The summed E-state index contributed by atoms with van der Waals surface area (Å²) in [5.41, 5.74) is 5.84. The predicted molar refractivity (Wildman–Crippen MR) is 78.7 cm³/mol. The van der Waals surface area contributed by atoms with Gasteiger partial charge in [0, 0.05) is 11.3 Å². The smallest absolute Gasteiger partial charge is 0.236 e. The Bertz CT molecular complexity index is 243. The van der Waals surface area contributed by atoms with E-state index in [1.165, 1.54) is 25.7 Å². The highest BCUT2D eigenvalue weighted by Gasteiger charge is 2.33. The van der Waals surface area contributed by atoms with Crippen LogP contribution >= 0.6 is 23.5 Å². The number of amides is 1. The lowest BCUT2D eigenvalue weighted by atomic mass is 10.1. The molecule has 17 heavy (non-hydrogen) atoms. The third-order valence-electron chi connectivity index (χ3n) is 3.50. The van der Waals surface area contributed by atoms with E-state index < -0.39 is 0 Å². The molecule has 0 spiro atoms. The monoisotopic (exact) mass is 276 g/mol. The van der Waals surface area contributed by atoms with Gasteiger partial charge in [0.2, 0.25) is 5.91 Å². The molecule has 1 rings (SSSR count). The van der Waals surface area contributed by atoms with Crippen molar-refractivity contribution in [2.24, 2.45) is 5.73 Å². The molecule has 5 heteroatoms. The summed E-state index contributed by atoms with van der Waals surface area (Å²) in [6.45, 7) is 0.778. The summed E-state index contributed by atoms with van der Waals surface area (Å²) in [4.78, 5) is 11.8. The summed E-state index contributed by atoms with van der Waals surface area (Å²) < 4.78 is 0.273. The molecule has 1 saturated carbocycles. The average molecular weight is 276 g/mol. The number of carbonyl (C=O) groups excluding carboxylic acids is 1. The van der Waals surface area contributed by atoms with Crippen LogP contribution in [0.2, 0.25) is 0 Å². The van der Waals surface area contributed by atoms with Crippen molar-refractivity contribution in [1.82, 2.24) is 5.32 Å². The molecule has 0 heterocycles. The molecule has 0 saturated heterocycles. The van der Waals surface area contributed by atoms with Crippen LogP contribution in [-0.4, -0.2) is 41.5 Å². The van der Waals surface area contributed by atoms with E-state index in [-0.39, 0.29) is 16.7 Å². The second kappa shape index (κ2) is 7.54. The van der Waals surface area contributed by atoms with E-state index in [1.807, 2.05) is 18.0 Å². The van der Waals surface area contributed by atoms with Gasteiger partial charge in [-0.2, -0.15) is 23.5 Å². The lowest BCUT2D eigenvalue weighted by molar-refractivity contribution is -0.122. The van der Waals surface area contributed by atoms with Gasteiger partial charge in [-0.05, 0) is 37.5 Å². The van der Waals surface area contributed by atoms with Crippen LogP contribution in [0.25, 0.3) is 0 Å². The predicted octanol–water partition coefficient (Wildman–Crippen LogP) is 1.86. The molecule has 1 fully saturated rings. The molecular formula is C12H24N2OS2. The highest BCUT2D eigenvalue weighted by molar-refractivity contribution is 8.00. The SMILES string of the molecule is CSCC[C@@H](N)C(=O)NCC1(SC)CCCC1. The van der Waals surface area contributed by atoms with Crippen molar-refractivity contribution in [1.29, 1.82) is 0 Å². The second-order valence-corrected chi connectivity index (χ2v) is 6.96. The Kier molecular flexibility index (Phi) is 6.74. The summed E-state index contributed by atoms with van der Waals surface area (Å²) in [5.74, 6) is 0.960. The molecule has 3 N–H and O–H groups in total. The molecule has 0 aromatic carbocycles. The molecule has 0 aliphatic heterocycles. The van der Waals surface area contributed by atoms with E-state index in [4.69, 9.17) is 5.73 Å². The van der Waals surface area contributed by atoms with Crippen LogP contribution in [0.15, 0.2) is 0 Å². The van der Waals surface area contributed by atoms with E-state index in [9.17, 15) is 4.79 Å². The Balaban J connectivity index is 2.31. The average Bonchev–Trinajstić information content (AvgIpc) is 2.82. The van der Waals surface area contributed by atoms with Crippen molar-refractivity contribution in [3.05, 3.63) is 0 Å². The fraction of sp³-hybridized carbons (Fsp3) is 0.917. The van der Waals surface area contributed by atoms with Gasteiger partial charge in [-0.15, -0.1) is 0 Å². The number of thioether (sulfide) groups is 2. The first-order chi connectivity index (χ1) is 8.13. The molecular weight excluding hydrogens is 252 g/mol. The maximum atomic E-state index is 11.8. The normalized spacial score (nSPS) is 20.2. The standard InChI is InChI=1S/C12H24N2OS2/c1-16-8-5-10(13)11(15)14-9-12(17-2)6-3-4-7-12/h10H,3-9,13H2,1-2H3,(H,14,15)/t10-/m1/s1. The molecule has 0 bridgehead atoms. The van der Waals surface area contributed by atoms with Crippen molar-refractivity contribution in [2.75, 3.05) is 24.8 Å². The number of hydrogen-bond donors (Lipinski definition) is 2. The highest BCUT2D eigenvalue weighted by Crippen LogP contribution is 2.39. The van der Waals surface area contributed by atoms with Crippen LogP contribution in [0.1, 0.15) is 32.1 Å². The molecule has 1 atom stereocenters. The largest absolute Gasteiger partial charge is 0.353 e. The summed E-state index contributed by atoms with van der Waals surface area (Å²) in [5, 5.41) is 3.03. The number of carbonyl (C=O) groups is 1. The zero-order chi connectivity index (χ0) is 12.7. The molecule has 1 aliphatic carbocycles. The van der Waals surface area contributed by atoms with Gasteiger partial charge in [-0.3, -0.25) is 4.79 Å². The topological polar surface area (TPSA) is 55.1 Å². The first-order valence-electron chi connectivity index (χ1n) is 6.21. The molecule has 1 aliphatic rings. The minimum atomic E-state index is -0.345. The van der Waals surface area contributed by atoms with E-state index in [1.54, 1.807) is 11.8 Å². The van der Waals surface area contributed by atoms with Crippen LogP contribution in [0, 0.1) is 0 Å². The minimum absolute atomic E-state index is 0.0133. The van der Waals surface area contributed by atoms with Gasteiger partial charge in [0.15, 0.2) is 0 Å². The molecule has 3 nitrogen and oxygen atoms in total. The molecule has 0 aromatic heterocycles. The summed E-state index contributed by atoms with van der Waals surface area (Å²) in [6.07, 6.45) is 9.95. The van der Waals surface area contributed by atoms with Crippen LogP contribution in [0.4, 0.5) is 0 Å². The molecule has 1 amide bonds. The van der Waals surface area contributed by atoms with Crippen LogP contribution in [0.3, 0.4) is 0 Å². The Morgan fingerprint density at radius 3 is 2.59 bits per heavy atom. The fourth-order valence-electron chi connectivity index (χ4n) is 2.23. The van der Waals surface area contributed by atoms with Crippen LogP contribution in [0.5, 0.6) is 0 Å². The van der Waals surface area contributed by atoms with Gasteiger partial charge in [-0.25, -0.2) is 0 Å². The Morgan fingerprint density at radius 1 is 1.41 bits per heavy atom. The zero-order valence-corrected chi connectivity index (χ0v) is 12.5. The van der Waals surface area contributed by atoms with E-state index >= 15 is 0 Å².